The fourth-order valence-corrected chi connectivity index (χ4v) is 2.65. The van der Waals surface area contributed by atoms with Crippen molar-refractivity contribution in [2.45, 2.75) is 79.4 Å². The molecule has 0 nitrogen and oxygen atoms in total. The molecule has 0 aromatic carbocycles. The van der Waals surface area contributed by atoms with Crippen molar-refractivity contribution in [1.29, 1.82) is 0 Å². The normalized spacial score (nSPS) is 17.6. The summed E-state index contributed by atoms with van der Waals surface area (Å²) >= 11 is 0. The van der Waals surface area contributed by atoms with Gasteiger partial charge in [0.1, 0.15) is 7.28 Å². The van der Waals surface area contributed by atoms with Crippen LogP contribution in [0, 0.1) is 17.8 Å². The Kier molecular flexibility index (Phi) is 7.43. The second kappa shape index (κ2) is 7.40. The van der Waals surface area contributed by atoms with Gasteiger partial charge in [0.05, 0.1) is 0 Å². The third-order valence-electron chi connectivity index (χ3n) is 4.52. The highest BCUT2D eigenvalue weighted by atomic mass is 14.2. The maximum absolute atomic E-state index is 2.46. The lowest BCUT2D eigenvalue weighted by atomic mass is 9.45. The zero-order valence-corrected chi connectivity index (χ0v) is 12.8. The first kappa shape index (κ1) is 16.1. The summed E-state index contributed by atoms with van der Waals surface area (Å²) in [4.78, 5) is 0. The molecule has 16 heavy (non-hydrogen) atoms. The molecular formula is C15H33B. The Bertz CT molecular complexity index is 174. The molecule has 0 spiro atoms. The first-order valence-electron chi connectivity index (χ1n) is 7.31. The average molecular weight is 224 g/mol. The van der Waals surface area contributed by atoms with Crippen LogP contribution in [0.5, 0.6) is 0 Å². The van der Waals surface area contributed by atoms with Gasteiger partial charge in [0.2, 0.25) is 0 Å². The largest absolute Gasteiger partial charge is 0.128 e. The van der Waals surface area contributed by atoms with Crippen molar-refractivity contribution in [2.24, 2.45) is 17.8 Å². The van der Waals surface area contributed by atoms with Crippen LogP contribution in [-0.4, -0.2) is 7.28 Å². The lowest BCUT2D eigenvalue weighted by Crippen LogP contribution is -2.22. The molecule has 0 heterocycles. The highest BCUT2D eigenvalue weighted by molar-refractivity contribution is 6.40. The van der Waals surface area contributed by atoms with Crippen molar-refractivity contribution in [3.8, 4) is 0 Å². The Hall–Kier alpha value is 0.0649. The van der Waals surface area contributed by atoms with Gasteiger partial charge in [0.25, 0.3) is 0 Å². The minimum Gasteiger partial charge on any atom is -0.0767 e. The zero-order valence-electron chi connectivity index (χ0n) is 12.8. The fourth-order valence-electron chi connectivity index (χ4n) is 2.65. The van der Waals surface area contributed by atoms with E-state index >= 15 is 0 Å². The van der Waals surface area contributed by atoms with Crippen LogP contribution < -0.4 is 0 Å². The molecule has 0 aliphatic rings. The van der Waals surface area contributed by atoms with Crippen LogP contribution >= 0.6 is 0 Å². The van der Waals surface area contributed by atoms with Crippen LogP contribution in [0.2, 0.25) is 11.6 Å². The van der Waals surface area contributed by atoms with E-state index in [2.05, 4.69) is 48.5 Å². The van der Waals surface area contributed by atoms with E-state index in [1.54, 1.807) is 0 Å². The van der Waals surface area contributed by atoms with E-state index in [0.29, 0.717) is 5.31 Å². The third-order valence-corrected chi connectivity index (χ3v) is 4.52. The first-order valence-corrected chi connectivity index (χ1v) is 7.31. The van der Waals surface area contributed by atoms with Crippen molar-refractivity contribution >= 4 is 7.28 Å². The van der Waals surface area contributed by atoms with Gasteiger partial charge in [-0.05, 0) is 24.2 Å². The lowest BCUT2D eigenvalue weighted by molar-refractivity contribution is 0.410. The summed E-state index contributed by atoms with van der Waals surface area (Å²) < 4.78 is 0. The van der Waals surface area contributed by atoms with Crippen LogP contribution in [-0.2, 0) is 0 Å². The van der Waals surface area contributed by atoms with E-state index in [9.17, 15) is 0 Å². The maximum atomic E-state index is 2.46. The van der Waals surface area contributed by atoms with E-state index in [0.717, 1.165) is 17.8 Å². The van der Waals surface area contributed by atoms with E-state index in [-0.39, 0.29) is 0 Å². The van der Waals surface area contributed by atoms with Gasteiger partial charge < -0.3 is 0 Å². The molecule has 0 fully saturated rings. The molecule has 0 aromatic rings. The molecule has 0 amide bonds. The molecule has 0 bridgehead atoms. The monoisotopic (exact) mass is 224 g/mol. The molecule has 0 N–H and O–H groups in total. The minimum atomic E-state index is 0.567. The third kappa shape index (κ3) is 5.96. The molecule has 0 radical (unpaired) electrons. The molecule has 0 aliphatic heterocycles. The van der Waals surface area contributed by atoms with Crippen molar-refractivity contribution in [3.05, 3.63) is 0 Å². The number of hydrogen-bond acceptors (Lipinski definition) is 0. The molecule has 1 heteroatoms. The maximum Gasteiger partial charge on any atom is 0.128 e. The predicted molar refractivity (Wildman–Crippen MR) is 78.7 cm³/mol. The Morgan fingerprint density at radius 3 is 2.00 bits per heavy atom. The Balaban J connectivity index is 3.87. The van der Waals surface area contributed by atoms with Crippen LogP contribution in [0.1, 0.15) is 67.7 Å². The van der Waals surface area contributed by atoms with Gasteiger partial charge in [0, 0.05) is 0 Å². The first-order chi connectivity index (χ1) is 7.31. The van der Waals surface area contributed by atoms with E-state index in [1.807, 2.05) is 0 Å². The second-order valence-electron chi connectivity index (χ2n) is 6.79. The number of rotatable bonds is 8. The predicted octanol–water partition coefficient (Wildman–Crippen LogP) is 5.16. The van der Waals surface area contributed by atoms with Gasteiger partial charge in [-0.2, -0.15) is 0 Å². The Morgan fingerprint density at radius 2 is 1.62 bits per heavy atom. The second-order valence-corrected chi connectivity index (χ2v) is 6.79. The summed E-state index contributed by atoms with van der Waals surface area (Å²) in [6.07, 6.45) is 5.55. The highest BCUT2D eigenvalue weighted by Gasteiger charge is 2.26. The van der Waals surface area contributed by atoms with Gasteiger partial charge in [0.15, 0.2) is 0 Å². The van der Waals surface area contributed by atoms with Crippen molar-refractivity contribution < 1.29 is 0 Å². The van der Waals surface area contributed by atoms with Crippen molar-refractivity contribution in [3.63, 3.8) is 0 Å². The smallest absolute Gasteiger partial charge is 0.0767 e. The SMILES string of the molecule is CCC(C)(BCCC(C)CC(C)C)C(C)C. The van der Waals surface area contributed by atoms with Crippen LogP contribution in [0.15, 0.2) is 0 Å². The van der Waals surface area contributed by atoms with E-state index in [1.165, 1.54) is 32.9 Å². The molecule has 0 rings (SSSR count). The van der Waals surface area contributed by atoms with Gasteiger partial charge in [-0.25, -0.2) is 0 Å². The lowest BCUT2D eigenvalue weighted by Gasteiger charge is -2.32. The van der Waals surface area contributed by atoms with Gasteiger partial charge in [-0.1, -0.05) is 72.9 Å². The van der Waals surface area contributed by atoms with E-state index in [4.69, 9.17) is 0 Å². The summed E-state index contributed by atoms with van der Waals surface area (Å²) in [5, 5.41) is 0.567. The zero-order chi connectivity index (χ0) is 12.8. The van der Waals surface area contributed by atoms with Crippen molar-refractivity contribution in [2.75, 3.05) is 0 Å². The van der Waals surface area contributed by atoms with Crippen LogP contribution in [0.25, 0.3) is 0 Å². The summed E-state index contributed by atoms with van der Waals surface area (Å²) in [5.74, 6) is 2.59. The Labute approximate surface area is 105 Å². The summed E-state index contributed by atoms with van der Waals surface area (Å²) in [6, 6.07) is 0. The standard InChI is InChI=1S/C15H33B/c1-8-15(7,13(4)5)16-10-9-14(6)11-12(2)3/h12-14,16H,8-11H2,1-7H3. The minimum absolute atomic E-state index is 0.567. The van der Waals surface area contributed by atoms with Crippen LogP contribution in [0.4, 0.5) is 0 Å². The average Bonchev–Trinajstić information content (AvgIpc) is 2.15. The van der Waals surface area contributed by atoms with Crippen LogP contribution in [0.3, 0.4) is 0 Å². The van der Waals surface area contributed by atoms with E-state index < -0.39 is 0 Å². The summed E-state index contributed by atoms with van der Waals surface area (Å²) in [5.41, 5.74) is 0. The fraction of sp³-hybridized carbons (Fsp3) is 1.00. The highest BCUT2D eigenvalue weighted by Crippen LogP contribution is 2.38. The quantitative estimate of drug-likeness (QED) is 0.499. The molecule has 0 saturated heterocycles. The van der Waals surface area contributed by atoms with Gasteiger partial charge >= 0.3 is 0 Å². The topological polar surface area (TPSA) is 0 Å². The summed E-state index contributed by atoms with van der Waals surface area (Å²) in [7, 11) is 1.41. The molecule has 0 aliphatic carbocycles. The summed E-state index contributed by atoms with van der Waals surface area (Å²) in [6.45, 7) is 16.6. The van der Waals surface area contributed by atoms with Crippen molar-refractivity contribution in [1.82, 2.24) is 0 Å². The van der Waals surface area contributed by atoms with Gasteiger partial charge in [-0.15, -0.1) is 0 Å². The molecule has 2 unspecified atom stereocenters. The number of hydrogen-bond donors (Lipinski definition) is 0. The molecule has 0 aromatic heterocycles. The molecule has 2 atom stereocenters. The molecular weight excluding hydrogens is 191 g/mol. The van der Waals surface area contributed by atoms with Gasteiger partial charge in [-0.3, -0.25) is 0 Å². The Morgan fingerprint density at radius 1 is 1.06 bits per heavy atom. The molecule has 0 saturated carbocycles. The molecule has 96 valence electrons.